The highest BCUT2D eigenvalue weighted by Crippen LogP contribution is 2.19. The molecular weight excluding hydrogens is 292 g/mol. The molecule has 0 aromatic heterocycles. The summed E-state index contributed by atoms with van der Waals surface area (Å²) in [6.45, 7) is 6.02. The molecule has 0 atom stereocenters. The van der Waals surface area contributed by atoms with Gasteiger partial charge in [0.25, 0.3) is 0 Å². The van der Waals surface area contributed by atoms with Crippen molar-refractivity contribution in [3.05, 3.63) is 0 Å². The van der Waals surface area contributed by atoms with Crippen molar-refractivity contribution < 1.29 is 17.9 Å². The maximum Gasteiger partial charge on any atom is 0.407 e. The van der Waals surface area contributed by atoms with Gasteiger partial charge in [-0.1, -0.05) is 0 Å². The van der Waals surface area contributed by atoms with Gasteiger partial charge in [0.15, 0.2) is 0 Å². The van der Waals surface area contributed by atoms with Gasteiger partial charge in [-0.25, -0.2) is 13.2 Å². The van der Waals surface area contributed by atoms with Gasteiger partial charge in [-0.2, -0.15) is 0 Å². The average Bonchev–Trinajstić information content (AvgIpc) is 2.27. The summed E-state index contributed by atoms with van der Waals surface area (Å²) in [4.78, 5) is 11.7. The van der Waals surface area contributed by atoms with Crippen LogP contribution in [0.5, 0.6) is 0 Å². The van der Waals surface area contributed by atoms with Crippen LogP contribution in [0, 0.1) is 0 Å². The minimum Gasteiger partial charge on any atom is -0.444 e. The molecule has 6 nitrogen and oxygen atoms in total. The number of carbonyl (C=O) groups excluding carboxylic acids is 1. The first-order chi connectivity index (χ1) is 9.55. The Bertz CT molecular complexity index is 434. The van der Waals surface area contributed by atoms with E-state index in [0.717, 1.165) is 25.7 Å². The predicted molar refractivity (Wildman–Crippen MR) is 83.1 cm³/mol. The van der Waals surface area contributed by atoms with E-state index in [1.807, 2.05) is 20.8 Å². The maximum absolute atomic E-state index is 11.7. The van der Waals surface area contributed by atoms with E-state index in [2.05, 4.69) is 10.6 Å². The van der Waals surface area contributed by atoms with Gasteiger partial charge >= 0.3 is 6.09 Å². The fourth-order valence-electron chi connectivity index (χ4n) is 2.36. The molecule has 0 unspecified atom stereocenters. The number of amides is 1. The maximum atomic E-state index is 11.7. The number of hydrogen-bond acceptors (Lipinski definition) is 5. The van der Waals surface area contributed by atoms with Crippen LogP contribution >= 0.6 is 0 Å². The largest absolute Gasteiger partial charge is 0.444 e. The topological polar surface area (TPSA) is 84.5 Å². The minimum absolute atomic E-state index is 0.146. The van der Waals surface area contributed by atoms with E-state index in [1.54, 1.807) is 0 Å². The number of hydrogen-bond donors (Lipinski definition) is 2. The fourth-order valence-corrected chi connectivity index (χ4v) is 2.85. The van der Waals surface area contributed by atoms with E-state index in [1.165, 1.54) is 6.26 Å². The van der Waals surface area contributed by atoms with Crippen molar-refractivity contribution in [1.29, 1.82) is 0 Å². The molecule has 2 N–H and O–H groups in total. The van der Waals surface area contributed by atoms with Crippen molar-refractivity contribution in [3.8, 4) is 0 Å². The Balaban J connectivity index is 2.22. The molecular formula is C14H28N2O4S. The van der Waals surface area contributed by atoms with Gasteiger partial charge in [-0.3, -0.25) is 0 Å². The van der Waals surface area contributed by atoms with Crippen LogP contribution in [0.3, 0.4) is 0 Å². The number of sulfone groups is 1. The fraction of sp³-hybridized carbons (Fsp3) is 0.929. The third-order valence-electron chi connectivity index (χ3n) is 3.35. The van der Waals surface area contributed by atoms with Crippen molar-refractivity contribution in [3.63, 3.8) is 0 Å². The van der Waals surface area contributed by atoms with Crippen LogP contribution in [0.25, 0.3) is 0 Å². The number of rotatable bonds is 5. The van der Waals surface area contributed by atoms with E-state index < -0.39 is 15.4 Å². The molecule has 0 radical (unpaired) electrons. The molecule has 1 fully saturated rings. The van der Waals surface area contributed by atoms with Crippen molar-refractivity contribution in [2.24, 2.45) is 0 Å². The van der Waals surface area contributed by atoms with Gasteiger partial charge in [0.2, 0.25) is 0 Å². The Kier molecular flexibility index (Phi) is 6.46. The summed E-state index contributed by atoms with van der Waals surface area (Å²) < 4.78 is 27.4. The summed E-state index contributed by atoms with van der Waals surface area (Å²) in [5, 5.41) is 6.16. The number of alkyl carbamates (subject to hydrolysis) is 1. The monoisotopic (exact) mass is 320 g/mol. The molecule has 0 aliphatic heterocycles. The van der Waals surface area contributed by atoms with Crippen LogP contribution in [0.4, 0.5) is 4.79 Å². The Morgan fingerprint density at radius 1 is 1.14 bits per heavy atom. The molecule has 7 heteroatoms. The SMILES string of the molecule is CC(C)(C)OC(=O)NC1CCC(NCCS(C)(=O)=O)CC1. The molecule has 0 spiro atoms. The lowest BCUT2D eigenvalue weighted by Crippen LogP contribution is -2.44. The van der Waals surface area contributed by atoms with E-state index in [0.29, 0.717) is 12.6 Å². The van der Waals surface area contributed by atoms with Crippen molar-refractivity contribution >= 4 is 15.9 Å². The van der Waals surface area contributed by atoms with Crippen LogP contribution in [0.15, 0.2) is 0 Å². The Morgan fingerprint density at radius 2 is 1.67 bits per heavy atom. The molecule has 0 heterocycles. The summed E-state index contributed by atoms with van der Waals surface area (Å²) in [6, 6.07) is 0.483. The summed E-state index contributed by atoms with van der Waals surface area (Å²) in [5.74, 6) is 0.170. The van der Waals surface area contributed by atoms with Gasteiger partial charge < -0.3 is 15.4 Å². The minimum atomic E-state index is -2.91. The summed E-state index contributed by atoms with van der Waals surface area (Å²) in [7, 11) is -2.91. The summed E-state index contributed by atoms with van der Waals surface area (Å²) >= 11 is 0. The van der Waals surface area contributed by atoms with Crippen LogP contribution in [0.2, 0.25) is 0 Å². The Labute approximate surface area is 127 Å². The molecule has 1 aliphatic carbocycles. The van der Waals surface area contributed by atoms with Crippen molar-refractivity contribution in [1.82, 2.24) is 10.6 Å². The molecule has 0 aromatic carbocycles. The van der Waals surface area contributed by atoms with Crippen molar-refractivity contribution in [2.45, 2.75) is 64.1 Å². The summed E-state index contributed by atoms with van der Waals surface area (Å²) in [5.41, 5.74) is -0.478. The lowest BCUT2D eigenvalue weighted by atomic mass is 9.91. The van der Waals surface area contributed by atoms with Crippen molar-refractivity contribution in [2.75, 3.05) is 18.6 Å². The highest BCUT2D eigenvalue weighted by atomic mass is 32.2. The lowest BCUT2D eigenvalue weighted by Gasteiger charge is -2.30. The second-order valence-electron chi connectivity index (χ2n) is 6.78. The zero-order chi connectivity index (χ0) is 16.1. The van der Waals surface area contributed by atoms with Crippen LogP contribution in [0.1, 0.15) is 46.5 Å². The number of ether oxygens (including phenoxy) is 1. The molecule has 21 heavy (non-hydrogen) atoms. The van der Waals surface area contributed by atoms with Gasteiger partial charge in [0.05, 0.1) is 5.75 Å². The quantitative estimate of drug-likeness (QED) is 0.801. The molecule has 1 amide bonds. The highest BCUT2D eigenvalue weighted by Gasteiger charge is 2.24. The zero-order valence-corrected chi connectivity index (χ0v) is 14.3. The summed E-state index contributed by atoms with van der Waals surface area (Å²) in [6.07, 6.45) is 4.52. The highest BCUT2D eigenvalue weighted by molar-refractivity contribution is 7.90. The standard InChI is InChI=1S/C14H28N2O4S/c1-14(2,3)20-13(17)16-12-7-5-11(6-8-12)15-9-10-21(4,18)19/h11-12,15H,5-10H2,1-4H3,(H,16,17). The molecule has 1 aliphatic rings. The van der Waals surface area contributed by atoms with E-state index in [9.17, 15) is 13.2 Å². The molecule has 1 rings (SSSR count). The van der Waals surface area contributed by atoms with E-state index >= 15 is 0 Å². The van der Waals surface area contributed by atoms with E-state index in [4.69, 9.17) is 4.74 Å². The predicted octanol–water partition coefficient (Wildman–Crippen LogP) is 1.46. The molecule has 124 valence electrons. The third kappa shape index (κ3) is 8.93. The molecule has 0 bridgehead atoms. The van der Waals surface area contributed by atoms with Gasteiger partial charge in [-0.15, -0.1) is 0 Å². The second kappa shape index (κ2) is 7.45. The number of nitrogens with one attached hydrogen (secondary N) is 2. The normalized spacial score (nSPS) is 23.6. The first-order valence-electron chi connectivity index (χ1n) is 7.46. The van der Waals surface area contributed by atoms with Gasteiger partial charge in [0, 0.05) is 24.9 Å². The second-order valence-corrected chi connectivity index (χ2v) is 9.04. The van der Waals surface area contributed by atoms with E-state index in [-0.39, 0.29) is 17.9 Å². The smallest absolute Gasteiger partial charge is 0.407 e. The Hall–Kier alpha value is -0.820. The average molecular weight is 320 g/mol. The zero-order valence-electron chi connectivity index (χ0n) is 13.4. The van der Waals surface area contributed by atoms with Crippen LogP contribution in [-0.4, -0.2) is 50.7 Å². The van der Waals surface area contributed by atoms with Gasteiger partial charge in [-0.05, 0) is 46.5 Å². The van der Waals surface area contributed by atoms with Crippen LogP contribution in [-0.2, 0) is 14.6 Å². The molecule has 0 saturated heterocycles. The first kappa shape index (κ1) is 18.2. The number of carbonyl (C=O) groups is 1. The Morgan fingerprint density at radius 3 is 2.14 bits per heavy atom. The molecule has 1 saturated carbocycles. The van der Waals surface area contributed by atoms with Crippen LogP contribution < -0.4 is 10.6 Å². The third-order valence-corrected chi connectivity index (χ3v) is 4.30. The first-order valence-corrected chi connectivity index (χ1v) is 9.52. The molecule has 0 aromatic rings. The lowest BCUT2D eigenvalue weighted by molar-refractivity contribution is 0.0490. The van der Waals surface area contributed by atoms with Gasteiger partial charge in [0.1, 0.15) is 15.4 Å².